The first kappa shape index (κ1) is 15.6. The van der Waals surface area contributed by atoms with Crippen molar-refractivity contribution < 1.29 is 19.7 Å². The summed E-state index contributed by atoms with van der Waals surface area (Å²) in [5, 5.41) is 20.2. The maximum Gasteiger partial charge on any atom is 0.318 e. The van der Waals surface area contributed by atoms with E-state index in [0.717, 1.165) is 16.7 Å². The second kappa shape index (κ2) is 6.05. The van der Waals surface area contributed by atoms with E-state index < -0.39 is 11.4 Å². The van der Waals surface area contributed by atoms with Gasteiger partial charge in [0.2, 0.25) is 0 Å². The molecule has 0 saturated heterocycles. The molecule has 0 bridgehead atoms. The maximum atomic E-state index is 12.2. The van der Waals surface area contributed by atoms with Gasteiger partial charge in [0.25, 0.3) is 0 Å². The van der Waals surface area contributed by atoms with Crippen LogP contribution in [0.2, 0.25) is 0 Å². The van der Waals surface area contributed by atoms with E-state index in [0.29, 0.717) is 24.8 Å². The van der Waals surface area contributed by atoms with Crippen molar-refractivity contribution in [2.24, 2.45) is 0 Å². The number of aromatic hydroxyl groups is 1. The highest BCUT2D eigenvalue weighted by molar-refractivity contribution is 5.85. The van der Waals surface area contributed by atoms with Crippen molar-refractivity contribution in [2.45, 2.75) is 24.7 Å². The second-order valence-corrected chi connectivity index (χ2v) is 6.03. The minimum atomic E-state index is -1.05. The first-order valence-corrected chi connectivity index (χ1v) is 7.69. The minimum Gasteiger partial charge on any atom is -0.508 e. The molecule has 0 radical (unpaired) electrons. The lowest BCUT2D eigenvalue weighted by Gasteiger charge is -2.25. The number of carbonyl (C=O) groups excluding carboxylic acids is 1. The lowest BCUT2D eigenvalue weighted by molar-refractivity contribution is -0.149. The number of phenolic OH excluding ortho intramolecular Hbond substituents is 1. The Balaban J connectivity index is 1.99. The molecule has 2 aromatic rings. The van der Waals surface area contributed by atoms with Gasteiger partial charge in [-0.25, -0.2) is 0 Å². The Hall–Kier alpha value is -2.33. The lowest BCUT2D eigenvalue weighted by atomic mass is 9.82. The second-order valence-electron chi connectivity index (χ2n) is 6.03. The molecule has 0 heterocycles. The molecule has 1 aliphatic rings. The molecular formula is C19H20O4. The summed E-state index contributed by atoms with van der Waals surface area (Å²) in [6, 6.07) is 13.5. The number of hydrogen-bond acceptors (Lipinski definition) is 4. The van der Waals surface area contributed by atoms with Crippen molar-refractivity contribution in [3.05, 3.63) is 64.7 Å². The molecule has 2 aromatic carbocycles. The van der Waals surface area contributed by atoms with Crippen LogP contribution in [0.15, 0.2) is 42.5 Å². The highest BCUT2D eigenvalue weighted by Gasteiger charge is 2.46. The molecular weight excluding hydrogens is 292 g/mol. The molecule has 120 valence electrons. The summed E-state index contributed by atoms with van der Waals surface area (Å²) in [5.74, 6) is -0.301. The van der Waals surface area contributed by atoms with E-state index in [-0.39, 0.29) is 12.4 Å². The van der Waals surface area contributed by atoms with E-state index in [1.165, 1.54) is 7.11 Å². The Morgan fingerprint density at radius 2 is 2.00 bits per heavy atom. The monoisotopic (exact) mass is 312 g/mol. The molecule has 0 saturated carbocycles. The summed E-state index contributed by atoms with van der Waals surface area (Å²) in [4.78, 5) is 12.2. The number of carbonyl (C=O) groups is 1. The van der Waals surface area contributed by atoms with Crippen molar-refractivity contribution in [1.29, 1.82) is 0 Å². The van der Waals surface area contributed by atoms with Gasteiger partial charge in [0, 0.05) is 6.42 Å². The average molecular weight is 312 g/mol. The summed E-state index contributed by atoms with van der Waals surface area (Å²) in [5.41, 5.74) is 2.57. The number of aliphatic hydroxyl groups is 1. The molecule has 1 aliphatic carbocycles. The number of aliphatic hydroxyl groups excluding tert-OH is 1. The van der Waals surface area contributed by atoms with Gasteiger partial charge in [-0.3, -0.25) is 4.79 Å². The summed E-state index contributed by atoms with van der Waals surface area (Å²) in [6.07, 6.45) is 1.82. The van der Waals surface area contributed by atoms with E-state index >= 15 is 0 Å². The SMILES string of the molecule is COC(=O)C1(CO)CCc2cc(Cc3ccccc3)c(O)cc21. The summed E-state index contributed by atoms with van der Waals surface area (Å²) < 4.78 is 4.87. The molecule has 0 aromatic heterocycles. The maximum absolute atomic E-state index is 12.2. The van der Waals surface area contributed by atoms with Crippen molar-refractivity contribution in [3.8, 4) is 5.75 Å². The number of ether oxygens (including phenoxy) is 1. The molecule has 4 heteroatoms. The molecule has 0 aliphatic heterocycles. The van der Waals surface area contributed by atoms with E-state index in [2.05, 4.69) is 0 Å². The third kappa shape index (κ3) is 2.59. The molecule has 0 spiro atoms. The summed E-state index contributed by atoms with van der Waals surface area (Å²) >= 11 is 0. The molecule has 4 nitrogen and oxygen atoms in total. The van der Waals surface area contributed by atoms with Gasteiger partial charge < -0.3 is 14.9 Å². The highest BCUT2D eigenvalue weighted by atomic mass is 16.5. The van der Waals surface area contributed by atoms with Crippen LogP contribution in [0.4, 0.5) is 0 Å². The van der Waals surface area contributed by atoms with E-state index in [4.69, 9.17) is 4.74 Å². The number of aryl methyl sites for hydroxylation is 1. The first-order valence-electron chi connectivity index (χ1n) is 7.69. The Labute approximate surface area is 135 Å². The minimum absolute atomic E-state index is 0.149. The van der Waals surface area contributed by atoms with Gasteiger partial charge in [-0.1, -0.05) is 36.4 Å². The number of benzene rings is 2. The number of hydrogen-bond donors (Lipinski definition) is 2. The topological polar surface area (TPSA) is 66.8 Å². The normalized spacial score (nSPS) is 19.4. The molecule has 23 heavy (non-hydrogen) atoms. The fraction of sp³-hybridized carbons (Fsp3) is 0.316. The first-order chi connectivity index (χ1) is 11.1. The van der Waals surface area contributed by atoms with Crippen LogP contribution in [0.25, 0.3) is 0 Å². The fourth-order valence-electron chi connectivity index (χ4n) is 3.41. The number of rotatable bonds is 4. The van der Waals surface area contributed by atoms with Crippen LogP contribution >= 0.6 is 0 Å². The number of methoxy groups -OCH3 is 1. The zero-order valence-electron chi connectivity index (χ0n) is 13.1. The van der Waals surface area contributed by atoms with Crippen molar-refractivity contribution in [1.82, 2.24) is 0 Å². The zero-order valence-corrected chi connectivity index (χ0v) is 13.1. The molecule has 0 amide bonds. The largest absolute Gasteiger partial charge is 0.508 e. The van der Waals surface area contributed by atoms with Crippen LogP contribution in [0.1, 0.15) is 28.7 Å². The number of fused-ring (bicyclic) bond motifs is 1. The molecule has 1 unspecified atom stereocenters. The van der Waals surface area contributed by atoms with Gasteiger partial charge >= 0.3 is 5.97 Å². The van der Waals surface area contributed by atoms with Crippen LogP contribution in [-0.4, -0.2) is 29.9 Å². The van der Waals surface area contributed by atoms with Gasteiger partial charge in [-0.2, -0.15) is 0 Å². The van der Waals surface area contributed by atoms with E-state index in [9.17, 15) is 15.0 Å². The van der Waals surface area contributed by atoms with Crippen LogP contribution < -0.4 is 0 Å². The quantitative estimate of drug-likeness (QED) is 0.850. The van der Waals surface area contributed by atoms with Gasteiger partial charge in [0.05, 0.1) is 13.7 Å². The third-order valence-electron chi connectivity index (χ3n) is 4.72. The van der Waals surface area contributed by atoms with Crippen molar-refractivity contribution in [2.75, 3.05) is 13.7 Å². The predicted octanol–water partition coefficient (Wildman–Crippen LogP) is 2.33. The van der Waals surface area contributed by atoms with Crippen molar-refractivity contribution >= 4 is 5.97 Å². The zero-order chi connectivity index (χ0) is 16.4. The fourth-order valence-corrected chi connectivity index (χ4v) is 3.41. The van der Waals surface area contributed by atoms with Gasteiger partial charge in [0.15, 0.2) is 0 Å². The molecule has 0 fully saturated rings. The van der Waals surface area contributed by atoms with Crippen LogP contribution in [-0.2, 0) is 27.8 Å². The highest BCUT2D eigenvalue weighted by Crippen LogP contribution is 2.42. The summed E-state index contributed by atoms with van der Waals surface area (Å²) in [6.45, 7) is -0.315. The van der Waals surface area contributed by atoms with Crippen LogP contribution in [0.3, 0.4) is 0 Å². The Bertz CT molecular complexity index is 724. The van der Waals surface area contributed by atoms with Crippen LogP contribution in [0, 0.1) is 0 Å². The average Bonchev–Trinajstić information content (AvgIpc) is 2.94. The van der Waals surface area contributed by atoms with E-state index in [1.807, 2.05) is 36.4 Å². The van der Waals surface area contributed by atoms with Gasteiger partial charge in [0.1, 0.15) is 11.2 Å². The Kier molecular flexibility index (Phi) is 4.09. The van der Waals surface area contributed by atoms with Crippen molar-refractivity contribution in [3.63, 3.8) is 0 Å². The van der Waals surface area contributed by atoms with Crippen LogP contribution in [0.5, 0.6) is 5.75 Å². The predicted molar refractivity (Wildman–Crippen MR) is 86.5 cm³/mol. The number of esters is 1. The smallest absolute Gasteiger partial charge is 0.318 e. The third-order valence-corrected chi connectivity index (χ3v) is 4.72. The Morgan fingerprint density at radius 3 is 2.65 bits per heavy atom. The number of phenols is 1. The van der Waals surface area contributed by atoms with Gasteiger partial charge in [-0.05, 0) is 41.2 Å². The summed E-state index contributed by atoms with van der Waals surface area (Å²) in [7, 11) is 1.32. The molecule has 2 N–H and O–H groups in total. The standard InChI is InChI=1S/C19H20O4/c1-23-18(22)19(12-20)8-7-14-10-15(17(21)11-16(14)19)9-13-5-3-2-4-6-13/h2-6,10-11,20-21H,7-9,12H2,1H3. The molecule has 1 atom stereocenters. The Morgan fingerprint density at radius 1 is 1.26 bits per heavy atom. The lowest BCUT2D eigenvalue weighted by Crippen LogP contribution is -2.38. The van der Waals surface area contributed by atoms with E-state index in [1.54, 1.807) is 6.07 Å². The van der Waals surface area contributed by atoms with Gasteiger partial charge in [-0.15, -0.1) is 0 Å². The molecule has 3 rings (SSSR count).